The minimum absolute atomic E-state index is 0.111. The summed E-state index contributed by atoms with van der Waals surface area (Å²) in [5, 5.41) is 2.81. The summed E-state index contributed by atoms with van der Waals surface area (Å²) >= 11 is 5.65. The van der Waals surface area contributed by atoms with Gasteiger partial charge in [-0.2, -0.15) is 0 Å². The number of hydrogen-bond donors (Lipinski definition) is 1. The lowest BCUT2D eigenvalue weighted by molar-refractivity contribution is -0.119. The zero-order valence-electron chi connectivity index (χ0n) is 10.9. The van der Waals surface area contributed by atoms with Gasteiger partial charge in [0.25, 0.3) is 0 Å². The third kappa shape index (κ3) is 3.26. The summed E-state index contributed by atoms with van der Waals surface area (Å²) in [6.07, 6.45) is 1.48. The molecule has 1 aromatic rings. The zero-order chi connectivity index (χ0) is 13.8. The predicted molar refractivity (Wildman–Crippen MR) is 76.5 cm³/mol. The van der Waals surface area contributed by atoms with Crippen molar-refractivity contribution in [3.05, 3.63) is 24.3 Å². The van der Waals surface area contributed by atoms with Gasteiger partial charge in [-0.05, 0) is 24.6 Å². The Bertz CT molecular complexity index is 490. The molecule has 0 radical (unpaired) electrons. The molecule has 102 valence electrons. The molecule has 2 rings (SSSR count). The van der Waals surface area contributed by atoms with Gasteiger partial charge in [0.15, 0.2) is 0 Å². The van der Waals surface area contributed by atoms with Crippen LogP contribution in [0.4, 0.5) is 11.4 Å². The van der Waals surface area contributed by atoms with Crippen LogP contribution in [0.15, 0.2) is 24.3 Å². The van der Waals surface area contributed by atoms with Gasteiger partial charge < -0.3 is 10.2 Å². The number of nitrogens with one attached hydrogen (secondary N) is 1. The largest absolute Gasteiger partial charge is 0.326 e. The highest BCUT2D eigenvalue weighted by atomic mass is 35.5. The van der Waals surface area contributed by atoms with E-state index < -0.39 is 0 Å². The van der Waals surface area contributed by atoms with Crippen LogP contribution in [0, 0.1) is 5.92 Å². The first-order valence-electron chi connectivity index (χ1n) is 6.39. The molecule has 4 nitrogen and oxygen atoms in total. The van der Waals surface area contributed by atoms with E-state index in [0.717, 1.165) is 18.7 Å². The van der Waals surface area contributed by atoms with Gasteiger partial charge >= 0.3 is 0 Å². The highest BCUT2D eigenvalue weighted by Gasteiger charge is 2.22. The summed E-state index contributed by atoms with van der Waals surface area (Å²) in [6, 6.07) is 7.34. The van der Waals surface area contributed by atoms with E-state index in [1.54, 1.807) is 11.8 Å². The maximum atomic E-state index is 11.8. The lowest BCUT2D eigenvalue weighted by Gasteiger charge is -2.17. The molecule has 1 aromatic carbocycles. The number of benzene rings is 1. The Morgan fingerprint density at radius 3 is 2.95 bits per heavy atom. The SMILES string of the molecule is CC(CCl)C(=O)Nc1cccc(N2CCCC2=O)c1. The van der Waals surface area contributed by atoms with Crippen LogP contribution in [-0.4, -0.2) is 24.2 Å². The van der Waals surface area contributed by atoms with Crippen molar-refractivity contribution in [1.82, 2.24) is 0 Å². The quantitative estimate of drug-likeness (QED) is 0.862. The van der Waals surface area contributed by atoms with E-state index in [1.165, 1.54) is 0 Å². The molecule has 1 aliphatic heterocycles. The number of halogens is 1. The number of carbonyl (C=O) groups excluding carboxylic acids is 2. The van der Waals surface area contributed by atoms with Gasteiger partial charge in [0.1, 0.15) is 0 Å². The van der Waals surface area contributed by atoms with Gasteiger partial charge in [0.05, 0.1) is 0 Å². The molecule has 1 N–H and O–H groups in total. The third-order valence-corrected chi connectivity index (χ3v) is 3.64. The van der Waals surface area contributed by atoms with Crippen LogP contribution in [0.2, 0.25) is 0 Å². The van der Waals surface area contributed by atoms with Crippen molar-refractivity contribution >= 4 is 34.8 Å². The van der Waals surface area contributed by atoms with Crippen LogP contribution >= 0.6 is 11.6 Å². The van der Waals surface area contributed by atoms with E-state index in [2.05, 4.69) is 5.32 Å². The molecule has 19 heavy (non-hydrogen) atoms. The fourth-order valence-corrected chi connectivity index (χ4v) is 2.15. The Kier molecular flexibility index (Phi) is 4.43. The maximum Gasteiger partial charge on any atom is 0.228 e. The molecule has 0 bridgehead atoms. The second-order valence-electron chi connectivity index (χ2n) is 4.74. The Morgan fingerprint density at radius 2 is 2.32 bits per heavy atom. The first kappa shape index (κ1) is 13.9. The zero-order valence-corrected chi connectivity index (χ0v) is 11.6. The lowest BCUT2D eigenvalue weighted by Crippen LogP contribution is -2.24. The van der Waals surface area contributed by atoms with Gasteiger partial charge in [-0.3, -0.25) is 9.59 Å². The van der Waals surface area contributed by atoms with Crippen LogP contribution in [0.3, 0.4) is 0 Å². The van der Waals surface area contributed by atoms with Crippen LogP contribution in [0.5, 0.6) is 0 Å². The number of alkyl halides is 1. The summed E-state index contributed by atoms with van der Waals surface area (Å²) in [6.45, 7) is 2.52. The summed E-state index contributed by atoms with van der Waals surface area (Å²) in [7, 11) is 0. The van der Waals surface area contributed by atoms with E-state index in [9.17, 15) is 9.59 Å². The van der Waals surface area contributed by atoms with Crippen LogP contribution < -0.4 is 10.2 Å². The van der Waals surface area contributed by atoms with Crippen molar-refractivity contribution in [3.8, 4) is 0 Å². The molecular formula is C14H17ClN2O2. The van der Waals surface area contributed by atoms with E-state index in [-0.39, 0.29) is 23.6 Å². The smallest absolute Gasteiger partial charge is 0.228 e. The standard InChI is InChI=1S/C14H17ClN2O2/c1-10(9-15)14(19)16-11-4-2-5-12(8-11)17-7-3-6-13(17)18/h2,4-5,8,10H,3,6-7,9H2,1H3,(H,16,19). The fraction of sp³-hybridized carbons (Fsp3) is 0.429. The monoisotopic (exact) mass is 280 g/mol. The summed E-state index contributed by atoms with van der Waals surface area (Å²) < 4.78 is 0. The van der Waals surface area contributed by atoms with Crippen LogP contribution in [0.25, 0.3) is 0 Å². The first-order chi connectivity index (χ1) is 9.11. The Hall–Kier alpha value is -1.55. The lowest BCUT2D eigenvalue weighted by atomic mass is 10.2. The summed E-state index contributed by atoms with van der Waals surface area (Å²) in [5.41, 5.74) is 1.53. The highest BCUT2D eigenvalue weighted by Crippen LogP contribution is 2.24. The molecule has 0 aromatic heterocycles. The van der Waals surface area contributed by atoms with E-state index >= 15 is 0 Å². The Labute approximate surface area is 117 Å². The maximum absolute atomic E-state index is 11.8. The molecule has 0 aliphatic carbocycles. The molecule has 1 heterocycles. The average Bonchev–Trinajstić information content (AvgIpc) is 2.84. The second-order valence-corrected chi connectivity index (χ2v) is 5.05. The minimum atomic E-state index is -0.237. The van der Waals surface area contributed by atoms with Gasteiger partial charge in [-0.15, -0.1) is 11.6 Å². The topological polar surface area (TPSA) is 49.4 Å². The number of rotatable bonds is 4. The van der Waals surface area contributed by atoms with E-state index in [0.29, 0.717) is 12.1 Å². The first-order valence-corrected chi connectivity index (χ1v) is 6.92. The Balaban J connectivity index is 2.11. The normalized spacial score (nSPS) is 16.5. The van der Waals surface area contributed by atoms with E-state index in [1.807, 2.05) is 24.3 Å². The van der Waals surface area contributed by atoms with Crippen molar-refractivity contribution in [3.63, 3.8) is 0 Å². The molecule has 0 spiro atoms. The van der Waals surface area contributed by atoms with Gasteiger partial charge in [-0.1, -0.05) is 13.0 Å². The van der Waals surface area contributed by atoms with Crippen LogP contribution in [0.1, 0.15) is 19.8 Å². The minimum Gasteiger partial charge on any atom is -0.326 e. The molecule has 1 atom stereocenters. The number of amides is 2. The summed E-state index contributed by atoms with van der Waals surface area (Å²) in [4.78, 5) is 25.2. The Morgan fingerprint density at radius 1 is 1.53 bits per heavy atom. The van der Waals surface area contributed by atoms with Crippen molar-refractivity contribution in [2.24, 2.45) is 5.92 Å². The van der Waals surface area contributed by atoms with Crippen molar-refractivity contribution in [2.75, 3.05) is 22.6 Å². The molecular weight excluding hydrogens is 264 g/mol. The molecule has 1 aliphatic rings. The second kappa shape index (κ2) is 6.06. The number of carbonyl (C=O) groups is 2. The number of nitrogens with zero attached hydrogens (tertiary/aromatic N) is 1. The average molecular weight is 281 g/mol. The highest BCUT2D eigenvalue weighted by molar-refractivity contribution is 6.19. The van der Waals surface area contributed by atoms with Gasteiger partial charge in [0, 0.05) is 36.1 Å². The van der Waals surface area contributed by atoms with E-state index in [4.69, 9.17) is 11.6 Å². The molecule has 1 unspecified atom stereocenters. The molecule has 0 saturated carbocycles. The van der Waals surface area contributed by atoms with Crippen molar-refractivity contribution in [2.45, 2.75) is 19.8 Å². The molecule has 1 fully saturated rings. The number of anilines is 2. The van der Waals surface area contributed by atoms with Crippen molar-refractivity contribution < 1.29 is 9.59 Å². The molecule has 5 heteroatoms. The van der Waals surface area contributed by atoms with Crippen LogP contribution in [-0.2, 0) is 9.59 Å². The third-order valence-electron chi connectivity index (χ3n) is 3.18. The van der Waals surface area contributed by atoms with Crippen molar-refractivity contribution in [1.29, 1.82) is 0 Å². The summed E-state index contributed by atoms with van der Waals surface area (Å²) in [5.74, 6) is 0.0760. The number of hydrogen-bond acceptors (Lipinski definition) is 2. The predicted octanol–water partition coefficient (Wildman–Crippen LogP) is 2.63. The molecule has 2 amide bonds. The fourth-order valence-electron chi connectivity index (χ4n) is 2.01. The van der Waals surface area contributed by atoms with Gasteiger partial charge in [0.2, 0.25) is 11.8 Å². The molecule has 1 saturated heterocycles. The van der Waals surface area contributed by atoms with Gasteiger partial charge in [-0.25, -0.2) is 0 Å².